The monoisotopic (exact) mass is 277 g/mol. The molecule has 2 N–H and O–H groups in total. The minimum absolute atomic E-state index is 0.0782. The molecule has 0 aliphatic carbocycles. The van der Waals surface area contributed by atoms with E-state index in [1.165, 1.54) is 0 Å². The summed E-state index contributed by atoms with van der Waals surface area (Å²) >= 11 is 0.996. The number of fused-ring (bicyclic) bond motifs is 1. The van der Waals surface area contributed by atoms with Crippen LogP contribution in [0.2, 0.25) is 0 Å². The average molecular weight is 277 g/mol. The highest BCUT2D eigenvalue weighted by molar-refractivity contribution is 7.09. The van der Waals surface area contributed by atoms with E-state index in [2.05, 4.69) is 4.98 Å². The van der Waals surface area contributed by atoms with E-state index in [1.54, 1.807) is 13.4 Å². The molecule has 0 spiro atoms. The van der Waals surface area contributed by atoms with Gasteiger partial charge in [0.1, 0.15) is 11.3 Å². The molecular formula is C13H11NO4S. The number of ether oxygens (including phenoxy) is 1. The minimum Gasteiger partial charge on any atom is -0.496 e. The number of hydrogen-bond acceptors (Lipinski definition) is 5. The van der Waals surface area contributed by atoms with E-state index in [9.17, 15) is 9.90 Å². The molecule has 5 nitrogen and oxygen atoms in total. The first-order valence-electron chi connectivity index (χ1n) is 5.63. The maximum Gasteiger partial charge on any atom is 0.307 e. The van der Waals surface area contributed by atoms with Gasteiger partial charge in [0.05, 0.1) is 23.6 Å². The molecule has 0 aliphatic heterocycles. The molecule has 1 aromatic carbocycles. The zero-order chi connectivity index (χ0) is 13.4. The SMILES string of the molecule is COc1ccc(Cc2sc(=O)[nH]c2O)c2occc12. The van der Waals surface area contributed by atoms with Crippen LogP contribution in [0.4, 0.5) is 0 Å². The molecule has 98 valence electrons. The number of benzene rings is 1. The molecular weight excluding hydrogens is 266 g/mol. The van der Waals surface area contributed by atoms with Crippen LogP contribution in [0.5, 0.6) is 11.6 Å². The summed E-state index contributed by atoms with van der Waals surface area (Å²) in [6.07, 6.45) is 2.03. The van der Waals surface area contributed by atoms with Crippen LogP contribution in [-0.2, 0) is 6.42 Å². The van der Waals surface area contributed by atoms with Crippen LogP contribution in [0.25, 0.3) is 11.0 Å². The fraction of sp³-hybridized carbons (Fsp3) is 0.154. The number of thiazole rings is 1. The number of H-pyrrole nitrogens is 1. The minimum atomic E-state index is -0.267. The van der Waals surface area contributed by atoms with Crippen LogP contribution in [0.3, 0.4) is 0 Å². The van der Waals surface area contributed by atoms with E-state index < -0.39 is 0 Å². The summed E-state index contributed by atoms with van der Waals surface area (Å²) in [6.45, 7) is 0. The van der Waals surface area contributed by atoms with Crippen molar-refractivity contribution in [1.82, 2.24) is 4.98 Å². The van der Waals surface area contributed by atoms with Gasteiger partial charge in [0, 0.05) is 12.0 Å². The Balaban J connectivity index is 2.09. The standard InChI is InChI=1S/C13H11NO4S/c1-17-9-3-2-7(11-8(9)4-5-18-11)6-10-12(15)14-13(16)19-10/h2-5,15H,6H2,1H3,(H,14,16). The van der Waals surface area contributed by atoms with E-state index in [4.69, 9.17) is 9.15 Å². The number of furan rings is 1. The molecule has 0 atom stereocenters. The van der Waals surface area contributed by atoms with Crippen molar-refractivity contribution in [1.29, 1.82) is 0 Å². The van der Waals surface area contributed by atoms with Crippen molar-refractivity contribution in [3.05, 3.63) is 44.6 Å². The molecule has 19 heavy (non-hydrogen) atoms. The molecule has 2 heterocycles. The Bertz CT molecular complexity index is 783. The van der Waals surface area contributed by atoms with Crippen LogP contribution in [0.1, 0.15) is 10.4 Å². The number of aromatic amines is 1. The first kappa shape index (κ1) is 11.9. The topological polar surface area (TPSA) is 75.5 Å². The van der Waals surface area contributed by atoms with E-state index in [0.717, 1.165) is 28.0 Å². The van der Waals surface area contributed by atoms with Gasteiger partial charge < -0.3 is 14.3 Å². The van der Waals surface area contributed by atoms with Gasteiger partial charge in [0.25, 0.3) is 0 Å². The second kappa shape index (κ2) is 4.47. The van der Waals surface area contributed by atoms with Gasteiger partial charge in [-0.15, -0.1) is 0 Å². The first-order valence-corrected chi connectivity index (χ1v) is 6.44. The van der Waals surface area contributed by atoms with Gasteiger partial charge in [-0.3, -0.25) is 9.78 Å². The summed E-state index contributed by atoms with van der Waals surface area (Å²) < 4.78 is 10.7. The van der Waals surface area contributed by atoms with Gasteiger partial charge in [-0.2, -0.15) is 0 Å². The van der Waals surface area contributed by atoms with Gasteiger partial charge in [-0.05, 0) is 12.1 Å². The second-order valence-corrected chi connectivity index (χ2v) is 5.12. The van der Waals surface area contributed by atoms with Crippen LogP contribution >= 0.6 is 11.3 Å². The summed E-state index contributed by atoms with van der Waals surface area (Å²) in [5, 5.41) is 10.5. The van der Waals surface area contributed by atoms with E-state index >= 15 is 0 Å². The number of rotatable bonds is 3. The van der Waals surface area contributed by atoms with Crippen LogP contribution < -0.4 is 9.61 Å². The predicted octanol–water partition coefficient (Wildman–Crippen LogP) is 2.49. The normalized spacial score (nSPS) is 11.0. The Labute approximate surface area is 112 Å². The van der Waals surface area contributed by atoms with Gasteiger partial charge in [-0.25, -0.2) is 0 Å². The molecule has 0 fully saturated rings. The summed E-state index contributed by atoms with van der Waals surface area (Å²) in [4.78, 5) is 13.9. The molecule has 0 radical (unpaired) electrons. The van der Waals surface area contributed by atoms with Gasteiger partial charge in [0.2, 0.25) is 5.88 Å². The lowest BCUT2D eigenvalue weighted by Gasteiger charge is -2.05. The highest BCUT2D eigenvalue weighted by atomic mass is 32.1. The smallest absolute Gasteiger partial charge is 0.307 e. The van der Waals surface area contributed by atoms with E-state index in [-0.39, 0.29) is 10.8 Å². The highest BCUT2D eigenvalue weighted by Crippen LogP contribution is 2.32. The Morgan fingerprint density at radius 2 is 2.26 bits per heavy atom. The molecule has 0 amide bonds. The lowest BCUT2D eigenvalue weighted by Crippen LogP contribution is -1.89. The van der Waals surface area contributed by atoms with Crippen molar-refractivity contribution in [3.63, 3.8) is 0 Å². The highest BCUT2D eigenvalue weighted by Gasteiger charge is 2.13. The number of hydrogen-bond donors (Lipinski definition) is 2. The third kappa shape index (κ3) is 2.00. The largest absolute Gasteiger partial charge is 0.496 e. The van der Waals surface area contributed by atoms with Gasteiger partial charge in [0.15, 0.2) is 0 Å². The molecule has 3 aromatic rings. The predicted molar refractivity (Wildman–Crippen MR) is 72.2 cm³/mol. The van der Waals surface area contributed by atoms with E-state index in [1.807, 2.05) is 18.2 Å². The fourth-order valence-corrected chi connectivity index (χ4v) is 2.80. The van der Waals surface area contributed by atoms with Crippen molar-refractivity contribution < 1.29 is 14.3 Å². The number of nitrogens with one attached hydrogen (secondary N) is 1. The zero-order valence-electron chi connectivity index (χ0n) is 10.1. The third-order valence-electron chi connectivity index (χ3n) is 2.93. The molecule has 0 aliphatic rings. The molecule has 0 unspecified atom stereocenters. The maximum atomic E-state index is 11.2. The van der Waals surface area contributed by atoms with Gasteiger partial charge >= 0.3 is 4.87 Å². The molecule has 0 bridgehead atoms. The quantitative estimate of drug-likeness (QED) is 0.771. The molecule has 0 saturated heterocycles. The average Bonchev–Trinajstić information content (AvgIpc) is 2.97. The molecule has 2 aromatic heterocycles. The number of aromatic hydroxyl groups is 1. The number of methoxy groups -OCH3 is 1. The molecule has 6 heteroatoms. The van der Waals surface area contributed by atoms with Crippen LogP contribution in [0, 0.1) is 0 Å². The fourth-order valence-electron chi connectivity index (χ4n) is 2.06. The first-order chi connectivity index (χ1) is 9.19. The van der Waals surface area contributed by atoms with E-state index in [0.29, 0.717) is 16.9 Å². The Kier molecular flexibility index (Phi) is 2.79. The van der Waals surface area contributed by atoms with Crippen LogP contribution in [-0.4, -0.2) is 17.2 Å². The maximum absolute atomic E-state index is 11.2. The van der Waals surface area contributed by atoms with Crippen LogP contribution in [0.15, 0.2) is 33.7 Å². The third-order valence-corrected chi connectivity index (χ3v) is 3.80. The summed E-state index contributed by atoms with van der Waals surface area (Å²) in [6, 6.07) is 5.55. The second-order valence-electron chi connectivity index (χ2n) is 4.05. The lowest BCUT2D eigenvalue weighted by atomic mass is 10.1. The Hall–Kier alpha value is -2.21. The summed E-state index contributed by atoms with van der Waals surface area (Å²) in [5.41, 5.74) is 1.60. The summed E-state index contributed by atoms with van der Waals surface area (Å²) in [7, 11) is 1.60. The van der Waals surface area contributed by atoms with Crippen molar-refractivity contribution in [2.45, 2.75) is 6.42 Å². The molecule has 0 saturated carbocycles. The zero-order valence-corrected chi connectivity index (χ0v) is 10.9. The lowest BCUT2D eigenvalue weighted by molar-refractivity contribution is 0.419. The Morgan fingerprint density at radius 1 is 1.42 bits per heavy atom. The van der Waals surface area contributed by atoms with Gasteiger partial charge in [-0.1, -0.05) is 17.4 Å². The molecule has 3 rings (SSSR count). The van der Waals surface area contributed by atoms with Crippen molar-refractivity contribution in [2.24, 2.45) is 0 Å². The van der Waals surface area contributed by atoms with Crippen molar-refractivity contribution in [2.75, 3.05) is 7.11 Å². The summed E-state index contributed by atoms with van der Waals surface area (Å²) in [5.74, 6) is 0.657. The number of aromatic nitrogens is 1. The van der Waals surface area contributed by atoms with Crippen molar-refractivity contribution >= 4 is 22.3 Å². The Morgan fingerprint density at radius 3 is 2.95 bits per heavy atom. The van der Waals surface area contributed by atoms with Crippen molar-refractivity contribution in [3.8, 4) is 11.6 Å².